The van der Waals surface area contributed by atoms with E-state index < -0.39 is 16.1 Å². The van der Waals surface area contributed by atoms with Crippen molar-refractivity contribution in [2.75, 3.05) is 50.0 Å². The van der Waals surface area contributed by atoms with Gasteiger partial charge >= 0.3 is 0 Å². The number of amides is 2. The van der Waals surface area contributed by atoms with E-state index in [2.05, 4.69) is 10.2 Å². The van der Waals surface area contributed by atoms with E-state index in [1.54, 1.807) is 24.8 Å². The average Bonchev–Trinajstić information content (AvgIpc) is 2.80. The predicted octanol–water partition coefficient (Wildman–Crippen LogP) is 1.68. The minimum atomic E-state index is -3.94. The number of sulfonamides is 1. The molecule has 0 saturated carbocycles. The van der Waals surface area contributed by atoms with Gasteiger partial charge in [0.05, 0.1) is 17.1 Å². The van der Waals surface area contributed by atoms with Crippen LogP contribution in [0.25, 0.3) is 0 Å². The van der Waals surface area contributed by atoms with Crippen molar-refractivity contribution in [3.63, 3.8) is 0 Å². The van der Waals surface area contributed by atoms with Gasteiger partial charge in [-0.05, 0) is 37.6 Å². The van der Waals surface area contributed by atoms with Crippen LogP contribution in [0.15, 0.2) is 47.4 Å². The molecule has 2 heterocycles. The zero-order chi connectivity index (χ0) is 23.8. The molecule has 2 aliphatic heterocycles. The molecule has 0 spiro atoms. The number of aryl methyl sites for hydroxylation is 1. The molecular formula is C23H28N4O5S. The van der Waals surface area contributed by atoms with E-state index in [9.17, 15) is 18.0 Å². The maximum absolute atomic E-state index is 13.2. The van der Waals surface area contributed by atoms with Gasteiger partial charge in [-0.25, -0.2) is 8.42 Å². The largest absolute Gasteiger partial charge is 0.479 e. The van der Waals surface area contributed by atoms with Crippen LogP contribution in [0.3, 0.4) is 0 Å². The second kappa shape index (κ2) is 9.03. The lowest BCUT2D eigenvalue weighted by Crippen LogP contribution is -2.51. The van der Waals surface area contributed by atoms with Crippen LogP contribution in [0.1, 0.15) is 12.5 Å². The number of carbonyl (C=O) groups is 2. The van der Waals surface area contributed by atoms with Crippen LogP contribution in [0.2, 0.25) is 0 Å². The van der Waals surface area contributed by atoms with Gasteiger partial charge in [0.25, 0.3) is 5.91 Å². The summed E-state index contributed by atoms with van der Waals surface area (Å²) in [6.45, 7) is 5.44. The van der Waals surface area contributed by atoms with Gasteiger partial charge in [0.2, 0.25) is 15.9 Å². The molecule has 0 radical (unpaired) electrons. The van der Waals surface area contributed by atoms with E-state index in [1.165, 1.54) is 13.1 Å². The van der Waals surface area contributed by atoms with Gasteiger partial charge in [0.1, 0.15) is 5.75 Å². The van der Waals surface area contributed by atoms with Crippen LogP contribution in [0.5, 0.6) is 5.75 Å². The summed E-state index contributed by atoms with van der Waals surface area (Å²) in [5.74, 6) is -0.225. The molecule has 33 heavy (non-hydrogen) atoms. The summed E-state index contributed by atoms with van der Waals surface area (Å²) in [6.07, 6.45) is -0.718. The van der Waals surface area contributed by atoms with Crippen LogP contribution in [0, 0.1) is 6.92 Å². The Morgan fingerprint density at radius 3 is 2.48 bits per heavy atom. The molecule has 176 valence electrons. The topological polar surface area (TPSA) is 99.3 Å². The van der Waals surface area contributed by atoms with E-state index in [4.69, 9.17) is 4.74 Å². The Hall–Kier alpha value is -3.11. The molecule has 1 atom stereocenters. The first kappa shape index (κ1) is 23.1. The van der Waals surface area contributed by atoms with Crippen LogP contribution >= 0.6 is 0 Å². The molecule has 1 saturated heterocycles. The van der Waals surface area contributed by atoms with Crippen molar-refractivity contribution < 1.29 is 22.7 Å². The number of hydrogen-bond donors (Lipinski definition) is 1. The molecule has 0 unspecified atom stereocenters. The molecule has 0 bridgehead atoms. The normalized spacial score (nSPS) is 18.5. The molecule has 1 fully saturated rings. The Morgan fingerprint density at radius 2 is 1.82 bits per heavy atom. The van der Waals surface area contributed by atoms with Gasteiger partial charge in [-0.1, -0.05) is 18.2 Å². The summed E-state index contributed by atoms with van der Waals surface area (Å²) in [5.41, 5.74) is 2.01. The summed E-state index contributed by atoms with van der Waals surface area (Å²) in [6, 6.07) is 13.0. The van der Waals surface area contributed by atoms with Gasteiger partial charge in [0, 0.05) is 45.0 Å². The molecule has 2 aliphatic rings. The third-order valence-electron chi connectivity index (χ3n) is 6.01. The summed E-state index contributed by atoms with van der Waals surface area (Å²) in [7, 11) is -2.54. The average molecular weight is 473 g/mol. The molecule has 2 aromatic carbocycles. The fraction of sp³-hybridized carbons (Fsp3) is 0.391. The summed E-state index contributed by atoms with van der Waals surface area (Å²) in [5, 5.41) is 2.71. The fourth-order valence-electron chi connectivity index (χ4n) is 4.02. The Kier molecular flexibility index (Phi) is 6.31. The maximum Gasteiger partial charge on any atom is 0.265 e. The molecule has 9 nitrogen and oxygen atoms in total. The standard InChI is InChI=1S/C23H28N4O5S/c1-16-13-19-20(32-17(2)23(29)24-19)14-21(16)33(30,31)25(3)15-22(28)27-11-9-26(10-12-27)18-7-5-4-6-8-18/h4-8,13-14,17H,9-12,15H2,1-3H3,(H,24,29)/t17-/m0/s1. The van der Waals surface area contributed by atoms with E-state index >= 15 is 0 Å². The summed E-state index contributed by atoms with van der Waals surface area (Å²) in [4.78, 5) is 28.6. The number of benzene rings is 2. The van der Waals surface area contributed by atoms with E-state index in [1.807, 2.05) is 30.3 Å². The molecule has 1 N–H and O–H groups in total. The number of rotatable bonds is 5. The van der Waals surface area contributed by atoms with Gasteiger partial charge in [-0.15, -0.1) is 0 Å². The third kappa shape index (κ3) is 4.67. The Morgan fingerprint density at radius 1 is 1.15 bits per heavy atom. The van der Waals surface area contributed by atoms with Crippen molar-refractivity contribution in [1.29, 1.82) is 0 Å². The number of para-hydroxylation sites is 1. The van der Waals surface area contributed by atoms with Crippen molar-refractivity contribution in [1.82, 2.24) is 9.21 Å². The Bertz CT molecular complexity index is 1160. The first-order chi connectivity index (χ1) is 15.7. The number of nitrogens with zero attached hydrogens (tertiary/aromatic N) is 3. The highest BCUT2D eigenvalue weighted by Crippen LogP contribution is 2.35. The van der Waals surface area contributed by atoms with Crippen molar-refractivity contribution in [2.45, 2.75) is 24.8 Å². The van der Waals surface area contributed by atoms with E-state index in [0.29, 0.717) is 43.2 Å². The zero-order valence-electron chi connectivity index (χ0n) is 18.9. The van der Waals surface area contributed by atoms with E-state index in [0.717, 1.165) is 9.99 Å². The first-order valence-electron chi connectivity index (χ1n) is 10.8. The lowest BCUT2D eigenvalue weighted by molar-refractivity contribution is -0.131. The van der Waals surface area contributed by atoms with E-state index in [-0.39, 0.29) is 23.3 Å². The number of fused-ring (bicyclic) bond motifs is 1. The number of piperazine rings is 1. The lowest BCUT2D eigenvalue weighted by Gasteiger charge is -2.36. The maximum atomic E-state index is 13.2. The summed E-state index contributed by atoms with van der Waals surface area (Å²) < 4.78 is 33.1. The number of nitrogens with one attached hydrogen (secondary N) is 1. The van der Waals surface area contributed by atoms with Crippen molar-refractivity contribution in [2.24, 2.45) is 0 Å². The predicted molar refractivity (Wildman–Crippen MR) is 125 cm³/mol. The second-order valence-corrected chi connectivity index (χ2v) is 10.3. The highest BCUT2D eigenvalue weighted by molar-refractivity contribution is 7.89. The number of hydrogen-bond acceptors (Lipinski definition) is 6. The minimum absolute atomic E-state index is 0.0498. The molecule has 2 aromatic rings. The molecule has 0 aliphatic carbocycles. The van der Waals surface area contributed by atoms with Crippen LogP contribution in [0.4, 0.5) is 11.4 Å². The molecule has 0 aromatic heterocycles. The lowest BCUT2D eigenvalue weighted by atomic mass is 10.1. The molecular weight excluding hydrogens is 444 g/mol. The fourth-order valence-corrected chi connectivity index (χ4v) is 5.36. The highest BCUT2D eigenvalue weighted by atomic mass is 32.2. The van der Waals surface area contributed by atoms with Crippen molar-refractivity contribution in [3.8, 4) is 5.75 Å². The molecule has 4 rings (SSSR count). The van der Waals surface area contributed by atoms with Crippen molar-refractivity contribution in [3.05, 3.63) is 48.0 Å². The third-order valence-corrected chi connectivity index (χ3v) is 7.95. The number of carbonyl (C=O) groups excluding carboxylic acids is 2. The zero-order valence-corrected chi connectivity index (χ0v) is 19.8. The van der Waals surface area contributed by atoms with Gasteiger partial charge in [-0.3, -0.25) is 9.59 Å². The van der Waals surface area contributed by atoms with Gasteiger partial charge < -0.3 is 19.9 Å². The monoisotopic (exact) mass is 472 g/mol. The number of ether oxygens (including phenoxy) is 1. The smallest absolute Gasteiger partial charge is 0.265 e. The number of likely N-dealkylation sites (N-methyl/N-ethyl adjacent to an activating group) is 1. The summed E-state index contributed by atoms with van der Waals surface area (Å²) >= 11 is 0. The van der Waals surface area contributed by atoms with Gasteiger partial charge in [0.15, 0.2) is 6.10 Å². The highest BCUT2D eigenvalue weighted by Gasteiger charge is 2.31. The second-order valence-electron chi connectivity index (χ2n) is 8.33. The van der Waals surface area contributed by atoms with Gasteiger partial charge in [-0.2, -0.15) is 4.31 Å². The first-order valence-corrected chi connectivity index (χ1v) is 12.3. The number of anilines is 2. The quantitative estimate of drug-likeness (QED) is 0.711. The van der Waals surface area contributed by atoms with Crippen LogP contribution in [-0.2, 0) is 19.6 Å². The van der Waals surface area contributed by atoms with Crippen molar-refractivity contribution >= 4 is 33.2 Å². The Balaban J connectivity index is 1.43. The van der Waals surface area contributed by atoms with Crippen LogP contribution in [-0.4, -0.2) is 75.3 Å². The minimum Gasteiger partial charge on any atom is -0.479 e. The SMILES string of the molecule is Cc1cc2c(cc1S(=O)(=O)N(C)CC(=O)N1CCN(c3ccccc3)CC1)O[C@@H](C)C(=O)N2. The Labute approximate surface area is 194 Å². The molecule has 2 amide bonds. The van der Waals surface area contributed by atoms with Crippen LogP contribution < -0.4 is 15.0 Å². The molecule has 10 heteroatoms.